The Labute approximate surface area is 113 Å². The molecular formula is C12H19NO3S2. The van der Waals surface area contributed by atoms with E-state index in [9.17, 15) is 8.42 Å². The summed E-state index contributed by atoms with van der Waals surface area (Å²) < 4.78 is 28.5. The van der Waals surface area contributed by atoms with Crippen LogP contribution in [-0.2, 0) is 9.84 Å². The molecule has 0 fully saturated rings. The minimum atomic E-state index is -2.98. The van der Waals surface area contributed by atoms with E-state index in [4.69, 9.17) is 10.5 Å². The fraction of sp³-hybridized carbons (Fsp3) is 0.500. The van der Waals surface area contributed by atoms with Gasteiger partial charge in [0.05, 0.1) is 18.1 Å². The second-order valence-electron chi connectivity index (χ2n) is 4.17. The Balaban J connectivity index is 2.65. The van der Waals surface area contributed by atoms with Crippen molar-refractivity contribution in [3.05, 3.63) is 18.2 Å². The van der Waals surface area contributed by atoms with Crippen molar-refractivity contribution < 1.29 is 13.2 Å². The molecule has 18 heavy (non-hydrogen) atoms. The van der Waals surface area contributed by atoms with Crippen LogP contribution in [0.2, 0.25) is 0 Å². The number of nitrogens with two attached hydrogens (primary N) is 1. The molecule has 0 aliphatic heterocycles. The number of sulfone groups is 1. The molecule has 0 amide bonds. The summed E-state index contributed by atoms with van der Waals surface area (Å²) in [4.78, 5) is 0.908. The summed E-state index contributed by atoms with van der Waals surface area (Å²) >= 11 is 1.46. The molecule has 0 bridgehead atoms. The Bertz CT molecular complexity index is 498. The first-order valence-corrected chi connectivity index (χ1v) is 8.35. The first kappa shape index (κ1) is 15.2. The van der Waals surface area contributed by atoms with Gasteiger partial charge in [0.2, 0.25) is 0 Å². The standard InChI is InChI=1S/C12H19NO3S2/c1-9(2)18(14,15)7-6-17-12-5-4-10(13)8-11(12)16-3/h4-5,8-9H,6-7,13H2,1-3H3. The van der Waals surface area contributed by atoms with Gasteiger partial charge in [0.15, 0.2) is 9.84 Å². The van der Waals surface area contributed by atoms with E-state index >= 15 is 0 Å². The zero-order chi connectivity index (χ0) is 13.8. The van der Waals surface area contributed by atoms with Crippen molar-refractivity contribution in [3.8, 4) is 5.75 Å². The highest BCUT2D eigenvalue weighted by Crippen LogP contribution is 2.31. The number of rotatable bonds is 6. The van der Waals surface area contributed by atoms with Gasteiger partial charge in [-0.3, -0.25) is 0 Å². The Kier molecular flexibility index (Phi) is 5.34. The predicted octanol–water partition coefficient (Wildman–Crippen LogP) is 2.19. The molecule has 1 aromatic carbocycles. The maximum Gasteiger partial charge on any atom is 0.153 e. The molecule has 0 aliphatic carbocycles. The topological polar surface area (TPSA) is 69.4 Å². The Hall–Kier alpha value is -0.880. The summed E-state index contributed by atoms with van der Waals surface area (Å²) in [6.45, 7) is 3.40. The molecule has 0 saturated heterocycles. The first-order valence-electron chi connectivity index (χ1n) is 5.64. The third-order valence-electron chi connectivity index (χ3n) is 2.53. The summed E-state index contributed by atoms with van der Waals surface area (Å²) in [5, 5.41) is -0.327. The van der Waals surface area contributed by atoms with Crippen LogP contribution in [0.3, 0.4) is 0 Å². The van der Waals surface area contributed by atoms with E-state index in [1.54, 1.807) is 33.1 Å². The van der Waals surface area contributed by atoms with Crippen molar-refractivity contribution in [3.63, 3.8) is 0 Å². The van der Waals surface area contributed by atoms with Crippen LogP contribution in [0.25, 0.3) is 0 Å². The van der Waals surface area contributed by atoms with Crippen LogP contribution < -0.4 is 10.5 Å². The lowest BCUT2D eigenvalue weighted by Crippen LogP contribution is -2.18. The lowest BCUT2D eigenvalue weighted by atomic mass is 10.3. The number of methoxy groups -OCH3 is 1. The van der Waals surface area contributed by atoms with Gasteiger partial charge in [-0.05, 0) is 26.0 Å². The van der Waals surface area contributed by atoms with Crippen LogP contribution in [0.15, 0.2) is 23.1 Å². The zero-order valence-corrected chi connectivity index (χ0v) is 12.5. The Morgan fingerprint density at radius 3 is 2.61 bits per heavy atom. The Morgan fingerprint density at radius 1 is 1.39 bits per heavy atom. The van der Waals surface area contributed by atoms with E-state index in [1.165, 1.54) is 11.8 Å². The van der Waals surface area contributed by atoms with E-state index in [0.29, 0.717) is 17.2 Å². The number of anilines is 1. The third-order valence-corrected chi connectivity index (χ3v) is 6.06. The van der Waals surface area contributed by atoms with Crippen LogP contribution >= 0.6 is 11.8 Å². The van der Waals surface area contributed by atoms with Crippen molar-refractivity contribution in [2.45, 2.75) is 24.0 Å². The monoisotopic (exact) mass is 289 g/mol. The van der Waals surface area contributed by atoms with Crippen LogP contribution in [0.5, 0.6) is 5.75 Å². The van der Waals surface area contributed by atoms with Crippen molar-refractivity contribution in [1.29, 1.82) is 0 Å². The minimum absolute atomic E-state index is 0.170. The van der Waals surface area contributed by atoms with E-state index < -0.39 is 9.84 Å². The van der Waals surface area contributed by atoms with E-state index in [1.807, 2.05) is 6.07 Å². The van der Waals surface area contributed by atoms with Gasteiger partial charge >= 0.3 is 0 Å². The highest BCUT2D eigenvalue weighted by atomic mass is 32.2. The van der Waals surface area contributed by atoms with Crippen molar-refractivity contribution in [1.82, 2.24) is 0 Å². The van der Waals surface area contributed by atoms with Crippen molar-refractivity contribution >= 4 is 27.3 Å². The van der Waals surface area contributed by atoms with Gasteiger partial charge in [0.25, 0.3) is 0 Å². The molecule has 0 aromatic heterocycles. The molecule has 102 valence electrons. The average Bonchev–Trinajstić information content (AvgIpc) is 2.30. The normalized spacial score (nSPS) is 11.8. The summed E-state index contributed by atoms with van der Waals surface area (Å²) in [5.74, 6) is 1.37. The van der Waals surface area contributed by atoms with E-state index in [-0.39, 0.29) is 11.0 Å². The van der Waals surface area contributed by atoms with Crippen LogP contribution in [-0.4, -0.2) is 32.3 Å². The SMILES string of the molecule is COc1cc(N)ccc1SCCS(=O)(=O)C(C)C. The number of thioether (sulfide) groups is 1. The number of benzene rings is 1. The lowest BCUT2D eigenvalue weighted by molar-refractivity contribution is 0.405. The largest absolute Gasteiger partial charge is 0.496 e. The minimum Gasteiger partial charge on any atom is -0.496 e. The fourth-order valence-electron chi connectivity index (χ4n) is 1.31. The lowest BCUT2D eigenvalue weighted by Gasteiger charge is -2.10. The second-order valence-corrected chi connectivity index (χ2v) is 7.99. The average molecular weight is 289 g/mol. The van der Waals surface area contributed by atoms with E-state index in [2.05, 4.69) is 0 Å². The summed E-state index contributed by atoms with van der Waals surface area (Å²) in [5.41, 5.74) is 6.29. The molecule has 1 rings (SSSR count). The van der Waals surface area contributed by atoms with Crippen molar-refractivity contribution in [2.75, 3.05) is 24.3 Å². The molecular weight excluding hydrogens is 270 g/mol. The smallest absolute Gasteiger partial charge is 0.153 e. The highest BCUT2D eigenvalue weighted by Gasteiger charge is 2.16. The Morgan fingerprint density at radius 2 is 2.06 bits per heavy atom. The molecule has 2 N–H and O–H groups in total. The number of ether oxygens (including phenoxy) is 1. The summed E-state index contributed by atoms with van der Waals surface area (Å²) in [6.07, 6.45) is 0. The molecule has 4 nitrogen and oxygen atoms in total. The van der Waals surface area contributed by atoms with Gasteiger partial charge in [0.1, 0.15) is 5.75 Å². The number of hydrogen-bond donors (Lipinski definition) is 1. The molecule has 0 saturated carbocycles. The van der Waals surface area contributed by atoms with Gasteiger partial charge in [-0.2, -0.15) is 0 Å². The number of nitrogen functional groups attached to an aromatic ring is 1. The first-order chi connectivity index (χ1) is 8.36. The van der Waals surface area contributed by atoms with E-state index in [0.717, 1.165) is 4.90 Å². The molecule has 0 aliphatic rings. The summed E-state index contributed by atoms with van der Waals surface area (Å²) in [7, 11) is -1.41. The molecule has 0 radical (unpaired) electrons. The quantitative estimate of drug-likeness (QED) is 0.642. The maximum atomic E-state index is 11.7. The molecule has 0 unspecified atom stereocenters. The maximum absolute atomic E-state index is 11.7. The second kappa shape index (κ2) is 6.33. The van der Waals surface area contributed by atoms with Gasteiger partial charge in [-0.1, -0.05) is 0 Å². The fourth-order valence-corrected chi connectivity index (χ4v) is 3.71. The molecule has 0 atom stereocenters. The van der Waals surface area contributed by atoms with Crippen molar-refractivity contribution in [2.24, 2.45) is 0 Å². The predicted molar refractivity (Wildman–Crippen MR) is 77.1 cm³/mol. The van der Waals surface area contributed by atoms with Gasteiger partial charge < -0.3 is 10.5 Å². The van der Waals surface area contributed by atoms with Crippen LogP contribution in [0.4, 0.5) is 5.69 Å². The van der Waals surface area contributed by atoms with Gasteiger partial charge in [-0.25, -0.2) is 8.42 Å². The zero-order valence-electron chi connectivity index (χ0n) is 10.8. The van der Waals surface area contributed by atoms with Crippen LogP contribution in [0, 0.1) is 0 Å². The molecule has 1 aromatic rings. The molecule has 6 heteroatoms. The van der Waals surface area contributed by atoms with Crippen LogP contribution in [0.1, 0.15) is 13.8 Å². The number of hydrogen-bond acceptors (Lipinski definition) is 5. The van der Waals surface area contributed by atoms with Gasteiger partial charge in [0, 0.05) is 22.4 Å². The summed E-state index contributed by atoms with van der Waals surface area (Å²) in [6, 6.07) is 5.36. The molecule has 0 heterocycles. The van der Waals surface area contributed by atoms with Gasteiger partial charge in [-0.15, -0.1) is 11.8 Å². The third kappa shape index (κ3) is 4.10. The molecule has 0 spiro atoms. The highest BCUT2D eigenvalue weighted by molar-refractivity contribution is 8.00.